The lowest BCUT2D eigenvalue weighted by atomic mass is 9.92. The highest BCUT2D eigenvalue weighted by Crippen LogP contribution is 2.42. The lowest BCUT2D eigenvalue weighted by Crippen LogP contribution is -2.00. The van der Waals surface area contributed by atoms with Gasteiger partial charge in [0.1, 0.15) is 0 Å². The SMILES string of the molecule is c1ccc(-c2nc(-c3ccccc3)nc(-c3cccc4c3c3cc(-c5ccc6c7ccccc7c7ccccc7c6c5)ccc3n4-c3ccccc3)n2)cc1. The Labute approximate surface area is 317 Å². The second-order valence-electron chi connectivity index (χ2n) is 14.0. The molecule has 2 aromatic heterocycles. The first-order chi connectivity index (χ1) is 27.3. The van der Waals surface area contributed by atoms with Crippen LogP contribution in [0.3, 0.4) is 0 Å². The Bertz CT molecular complexity index is 3150. The van der Waals surface area contributed by atoms with Crippen molar-refractivity contribution >= 4 is 54.1 Å². The van der Waals surface area contributed by atoms with E-state index in [1.807, 2.05) is 36.4 Å². The van der Waals surface area contributed by atoms with Crippen LogP contribution in [0, 0.1) is 0 Å². The fourth-order valence-electron chi connectivity index (χ4n) is 8.31. The quantitative estimate of drug-likeness (QED) is 0.168. The summed E-state index contributed by atoms with van der Waals surface area (Å²) in [6.07, 6.45) is 0. The zero-order chi connectivity index (χ0) is 36.3. The van der Waals surface area contributed by atoms with Crippen molar-refractivity contribution < 1.29 is 0 Å². The zero-order valence-electron chi connectivity index (χ0n) is 29.8. The zero-order valence-corrected chi connectivity index (χ0v) is 29.8. The summed E-state index contributed by atoms with van der Waals surface area (Å²) in [5, 5.41) is 9.85. The number of hydrogen-bond acceptors (Lipinski definition) is 3. The van der Waals surface area contributed by atoms with E-state index in [1.165, 1.54) is 37.9 Å². The summed E-state index contributed by atoms with van der Waals surface area (Å²) in [6.45, 7) is 0. The van der Waals surface area contributed by atoms with Gasteiger partial charge in [0.25, 0.3) is 0 Å². The second-order valence-corrected chi connectivity index (χ2v) is 14.0. The summed E-state index contributed by atoms with van der Waals surface area (Å²) in [4.78, 5) is 15.3. The molecule has 256 valence electrons. The van der Waals surface area contributed by atoms with Gasteiger partial charge < -0.3 is 4.57 Å². The molecule has 0 spiro atoms. The van der Waals surface area contributed by atoms with Crippen molar-refractivity contribution in [3.8, 4) is 51.0 Å². The van der Waals surface area contributed by atoms with Crippen LogP contribution in [0.25, 0.3) is 105 Å². The summed E-state index contributed by atoms with van der Waals surface area (Å²) in [5.74, 6) is 1.93. The highest BCUT2D eigenvalue weighted by atomic mass is 15.0. The van der Waals surface area contributed by atoms with Gasteiger partial charge in [0.05, 0.1) is 11.0 Å². The smallest absolute Gasteiger partial charge is 0.164 e. The van der Waals surface area contributed by atoms with Crippen LogP contribution in [-0.2, 0) is 0 Å². The molecular weight excluding hydrogens is 669 g/mol. The minimum Gasteiger partial charge on any atom is -0.309 e. The normalized spacial score (nSPS) is 11.6. The fourth-order valence-corrected chi connectivity index (χ4v) is 8.31. The Balaban J connectivity index is 1.19. The van der Waals surface area contributed by atoms with Crippen LogP contribution in [-0.4, -0.2) is 19.5 Å². The molecule has 4 nitrogen and oxygen atoms in total. The van der Waals surface area contributed by atoms with Crippen LogP contribution < -0.4 is 0 Å². The molecule has 2 heterocycles. The largest absolute Gasteiger partial charge is 0.309 e. The van der Waals surface area contributed by atoms with E-state index in [0.29, 0.717) is 17.5 Å². The molecule has 0 saturated heterocycles. The summed E-state index contributed by atoms with van der Waals surface area (Å²) >= 11 is 0. The first kappa shape index (κ1) is 31.1. The lowest BCUT2D eigenvalue weighted by molar-refractivity contribution is 1.08. The number of benzene rings is 9. The van der Waals surface area contributed by atoms with Crippen LogP contribution >= 0.6 is 0 Å². The van der Waals surface area contributed by atoms with Crippen molar-refractivity contribution in [2.45, 2.75) is 0 Å². The van der Waals surface area contributed by atoms with Crippen molar-refractivity contribution in [2.75, 3.05) is 0 Å². The number of para-hydroxylation sites is 1. The van der Waals surface area contributed by atoms with Crippen LogP contribution in [0.15, 0.2) is 194 Å². The Morgan fingerprint density at radius 1 is 0.291 bits per heavy atom. The maximum atomic E-state index is 5.18. The Morgan fingerprint density at radius 2 is 0.764 bits per heavy atom. The van der Waals surface area contributed by atoms with Gasteiger partial charge in [-0.05, 0) is 79.8 Å². The minimum atomic E-state index is 0.639. The molecule has 0 aliphatic carbocycles. The molecule has 0 aliphatic rings. The van der Waals surface area contributed by atoms with E-state index in [2.05, 4.69) is 162 Å². The molecule has 11 rings (SSSR count). The molecule has 0 amide bonds. The van der Waals surface area contributed by atoms with Crippen molar-refractivity contribution in [3.63, 3.8) is 0 Å². The van der Waals surface area contributed by atoms with E-state index in [1.54, 1.807) is 0 Å². The first-order valence-electron chi connectivity index (χ1n) is 18.6. The average molecular weight is 701 g/mol. The molecule has 55 heavy (non-hydrogen) atoms. The van der Waals surface area contributed by atoms with E-state index in [-0.39, 0.29) is 0 Å². The number of hydrogen-bond donors (Lipinski definition) is 0. The third-order valence-electron chi connectivity index (χ3n) is 10.8. The van der Waals surface area contributed by atoms with Crippen LogP contribution in [0.5, 0.6) is 0 Å². The molecule has 11 aromatic rings. The van der Waals surface area contributed by atoms with Crippen LogP contribution in [0.1, 0.15) is 0 Å². The maximum absolute atomic E-state index is 5.18. The number of aromatic nitrogens is 4. The van der Waals surface area contributed by atoms with E-state index >= 15 is 0 Å². The standard InChI is InChI=1S/C51H32N4/c1-4-15-33(16-5-1)49-52-50(34-17-6-2-7-18-34)54-51(53-49)43-25-14-26-47-48(43)45-32-36(28-30-46(45)55(47)37-19-8-3-9-20-37)35-27-29-42-40-23-11-10-21-38(40)39-22-12-13-24-41(39)44(42)31-35/h1-32H. The highest BCUT2D eigenvalue weighted by Gasteiger charge is 2.20. The van der Waals surface area contributed by atoms with E-state index < -0.39 is 0 Å². The highest BCUT2D eigenvalue weighted by molar-refractivity contribution is 6.26. The Morgan fingerprint density at radius 3 is 1.36 bits per heavy atom. The molecule has 0 unspecified atom stereocenters. The molecule has 0 saturated carbocycles. The maximum Gasteiger partial charge on any atom is 0.164 e. The van der Waals surface area contributed by atoms with Crippen molar-refractivity contribution in [2.24, 2.45) is 0 Å². The summed E-state index contributed by atoms with van der Waals surface area (Å²) < 4.78 is 2.36. The van der Waals surface area contributed by atoms with Crippen molar-refractivity contribution in [1.82, 2.24) is 19.5 Å². The lowest BCUT2D eigenvalue weighted by Gasteiger charge is -2.12. The van der Waals surface area contributed by atoms with E-state index in [0.717, 1.165) is 49.7 Å². The molecule has 0 atom stereocenters. The van der Waals surface area contributed by atoms with Gasteiger partial charge in [0.2, 0.25) is 0 Å². The summed E-state index contributed by atoms with van der Waals surface area (Å²) in [5.41, 5.74) is 8.49. The van der Waals surface area contributed by atoms with Crippen LogP contribution in [0.4, 0.5) is 0 Å². The number of nitrogens with zero attached hydrogens (tertiary/aromatic N) is 4. The molecule has 0 fully saturated rings. The van der Waals surface area contributed by atoms with Gasteiger partial charge in [0, 0.05) is 33.2 Å². The van der Waals surface area contributed by atoms with Gasteiger partial charge in [-0.25, -0.2) is 15.0 Å². The van der Waals surface area contributed by atoms with Gasteiger partial charge in [-0.3, -0.25) is 0 Å². The van der Waals surface area contributed by atoms with Gasteiger partial charge >= 0.3 is 0 Å². The molecule has 9 aromatic carbocycles. The van der Waals surface area contributed by atoms with Gasteiger partial charge in [-0.2, -0.15) is 0 Å². The Hall–Kier alpha value is -7.43. The molecular formula is C51H32N4. The molecule has 4 heteroatoms. The third kappa shape index (κ3) is 5.11. The molecule has 0 bridgehead atoms. The van der Waals surface area contributed by atoms with Crippen LogP contribution in [0.2, 0.25) is 0 Å². The van der Waals surface area contributed by atoms with Crippen molar-refractivity contribution in [1.29, 1.82) is 0 Å². The number of fused-ring (bicyclic) bond motifs is 9. The van der Waals surface area contributed by atoms with Crippen molar-refractivity contribution in [3.05, 3.63) is 194 Å². The molecule has 0 radical (unpaired) electrons. The van der Waals surface area contributed by atoms with E-state index in [4.69, 9.17) is 15.0 Å². The van der Waals surface area contributed by atoms with Gasteiger partial charge in [0.15, 0.2) is 17.5 Å². The third-order valence-corrected chi connectivity index (χ3v) is 10.8. The molecule has 0 N–H and O–H groups in total. The van der Waals surface area contributed by atoms with E-state index in [9.17, 15) is 0 Å². The minimum absolute atomic E-state index is 0.639. The predicted octanol–water partition coefficient (Wildman–Crippen LogP) is 13.1. The second kappa shape index (κ2) is 12.6. The van der Waals surface area contributed by atoms with Gasteiger partial charge in [-0.15, -0.1) is 0 Å². The average Bonchev–Trinajstić information content (AvgIpc) is 3.61. The first-order valence-corrected chi connectivity index (χ1v) is 18.6. The van der Waals surface area contributed by atoms with Gasteiger partial charge in [-0.1, -0.05) is 158 Å². The summed E-state index contributed by atoms with van der Waals surface area (Å²) in [6, 6.07) is 68.7. The predicted molar refractivity (Wildman–Crippen MR) is 228 cm³/mol. The Kier molecular flexibility index (Phi) is 7.14. The molecule has 0 aliphatic heterocycles. The summed E-state index contributed by atoms with van der Waals surface area (Å²) in [7, 11) is 0. The number of rotatable bonds is 5. The fraction of sp³-hybridized carbons (Fsp3) is 0. The monoisotopic (exact) mass is 700 g/mol. The topological polar surface area (TPSA) is 43.6 Å².